The SMILES string of the molecule is CCC(NCC1(C)CCCC1)c1ccc(OC)c(OC)c1. The van der Waals surface area contributed by atoms with Crippen molar-refractivity contribution in [2.45, 2.75) is 52.0 Å². The van der Waals surface area contributed by atoms with Crippen molar-refractivity contribution in [3.63, 3.8) is 0 Å². The summed E-state index contributed by atoms with van der Waals surface area (Å²) in [4.78, 5) is 0. The van der Waals surface area contributed by atoms with E-state index >= 15 is 0 Å². The first kappa shape index (κ1) is 16.2. The Morgan fingerprint density at radius 2 is 1.81 bits per heavy atom. The molecule has 1 aliphatic rings. The average molecular weight is 291 g/mol. The number of methoxy groups -OCH3 is 2. The summed E-state index contributed by atoms with van der Waals surface area (Å²) in [5.74, 6) is 1.60. The van der Waals surface area contributed by atoms with E-state index in [2.05, 4.69) is 31.3 Å². The minimum Gasteiger partial charge on any atom is -0.493 e. The molecule has 3 heteroatoms. The third kappa shape index (κ3) is 3.91. The highest BCUT2D eigenvalue weighted by atomic mass is 16.5. The lowest BCUT2D eigenvalue weighted by molar-refractivity contribution is 0.295. The maximum Gasteiger partial charge on any atom is 0.161 e. The molecule has 0 spiro atoms. The number of hydrogen-bond donors (Lipinski definition) is 1. The van der Waals surface area contributed by atoms with Crippen LogP contribution in [0.1, 0.15) is 57.6 Å². The lowest BCUT2D eigenvalue weighted by Crippen LogP contribution is -2.32. The van der Waals surface area contributed by atoms with Crippen LogP contribution in [0.15, 0.2) is 18.2 Å². The van der Waals surface area contributed by atoms with Crippen molar-refractivity contribution in [3.05, 3.63) is 23.8 Å². The van der Waals surface area contributed by atoms with Gasteiger partial charge in [0.25, 0.3) is 0 Å². The number of benzene rings is 1. The third-order valence-corrected chi connectivity index (χ3v) is 4.80. The van der Waals surface area contributed by atoms with Crippen LogP contribution in [0.2, 0.25) is 0 Å². The summed E-state index contributed by atoms with van der Waals surface area (Å²) < 4.78 is 10.7. The molecule has 0 amide bonds. The molecule has 0 heterocycles. The fraction of sp³-hybridized carbons (Fsp3) is 0.667. The number of rotatable bonds is 7. The predicted molar refractivity (Wildman–Crippen MR) is 87.2 cm³/mol. The summed E-state index contributed by atoms with van der Waals surface area (Å²) in [7, 11) is 3.36. The standard InChI is InChI=1S/C18H29NO2/c1-5-15(19-13-18(2)10-6-7-11-18)14-8-9-16(20-3)17(12-14)21-4/h8-9,12,15,19H,5-7,10-11,13H2,1-4H3. The van der Waals surface area contributed by atoms with Crippen LogP contribution in [0.5, 0.6) is 11.5 Å². The summed E-state index contributed by atoms with van der Waals surface area (Å²) in [5, 5.41) is 3.76. The zero-order valence-electron chi connectivity index (χ0n) is 13.9. The molecule has 21 heavy (non-hydrogen) atoms. The molecule has 1 atom stereocenters. The molecule has 2 rings (SSSR count). The van der Waals surface area contributed by atoms with Crippen molar-refractivity contribution in [2.75, 3.05) is 20.8 Å². The van der Waals surface area contributed by atoms with E-state index < -0.39 is 0 Å². The van der Waals surface area contributed by atoms with Crippen molar-refractivity contribution in [1.82, 2.24) is 5.32 Å². The van der Waals surface area contributed by atoms with Crippen LogP contribution in [0.4, 0.5) is 0 Å². The molecule has 3 nitrogen and oxygen atoms in total. The second kappa shape index (κ2) is 7.17. The minimum atomic E-state index is 0.377. The summed E-state index contributed by atoms with van der Waals surface area (Å²) >= 11 is 0. The maximum absolute atomic E-state index is 5.42. The van der Waals surface area contributed by atoms with Crippen LogP contribution in [0.3, 0.4) is 0 Å². The molecule has 0 bridgehead atoms. The minimum absolute atomic E-state index is 0.377. The van der Waals surface area contributed by atoms with E-state index in [4.69, 9.17) is 9.47 Å². The highest BCUT2D eigenvalue weighted by molar-refractivity contribution is 5.43. The second-order valence-corrected chi connectivity index (χ2v) is 6.47. The largest absolute Gasteiger partial charge is 0.493 e. The lowest BCUT2D eigenvalue weighted by atomic mass is 9.88. The van der Waals surface area contributed by atoms with Gasteiger partial charge in [-0.1, -0.05) is 32.8 Å². The molecule has 1 aromatic rings. The zero-order valence-corrected chi connectivity index (χ0v) is 13.9. The highest BCUT2D eigenvalue weighted by Gasteiger charge is 2.29. The summed E-state index contributed by atoms with van der Waals surface area (Å²) in [6, 6.07) is 6.61. The average Bonchev–Trinajstić information content (AvgIpc) is 2.94. The molecule has 118 valence electrons. The molecule has 1 unspecified atom stereocenters. The molecule has 1 aliphatic carbocycles. The molecule has 0 saturated heterocycles. The van der Waals surface area contributed by atoms with Gasteiger partial charge in [0.2, 0.25) is 0 Å². The van der Waals surface area contributed by atoms with E-state index in [0.717, 1.165) is 24.5 Å². The van der Waals surface area contributed by atoms with Gasteiger partial charge in [-0.25, -0.2) is 0 Å². The summed E-state index contributed by atoms with van der Waals surface area (Å²) in [6.07, 6.45) is 6.53. The van der Waals surface area contributed by atoms with Gasteiger partial charge in [0.15, 0.2) is 11.5 Å². The van der Waals surface area contributed by atoms with Gasteiger partial charge in [-0.05, 0) is 42.4 Å². The van der Waals surface area contributed by atoms with E-state index in [1.807, 2.05) is 6.07 Å². The Labute approximate surface area is 129 Å². The van der Waals surface area contributed by atoms with Gasteiger partial charge in [-0.15, -0.1) is 0 Å². The molecule has 0 aromatic heterocycles. The van der Waals surface area contributed by atoms with Crippen molar-refractivity contribution < 1.29 is 9.47 Å². The number of hydrogen-bond acceptors (Lipinski definition) is 3. The van der Waals surface area contributed by atoms with Gasteiger partial charge in [0.1, 0.15) is 0 Å². The Morgan fingerprint density at radius 1 is 1.14 bits per heavy atom. The normalized spacial score (nSPS) is 18.5. The van der Waals surface area contributed by atoms with Gasteiger partial charge >= 0.3 is 0 Å². The number of ether oxygens (including phenoxy) is 2. The molecule has 1 N–H and O–H groups in total. The van der Waals surface area contributed by atoms with Gasteiger partial charge in [-0.3, -0.25) is 0 Å². The zero-order chi connectivity index (χ0) is 15.3. The Balaban J connectivity index is 2.06. The fourth-order valence-corrected chi connectivity index (χ4v) is 3.34. The van der Waals surface area contributed by atoms with Gasteiger partial charge in [0, 0.05) is 12.6 Å². The van der Waals surface area contributed by atoms with Crippen LogP contribution in [0, 0.1) is 5.41 Å². The van der Waals surface area contributed by atoms with Gasteiger partial charge < -0.3 is 14.8 Å². The van der Waals surface area contributed by atoms with E-state index in [-0.39, 0.29) is 0 Å². The van der Waals surface area contributed by atoms with Crippen molar-refractivity contribution in [3.8, 4) is 11.5 Å². The van der Waals surface area contributed by atoms with Crippen LogP contribution in [0.25, 0.3) is 0 Å². The van der Waals surface area contributed by atoms with Crippen LogP contribution < -0.4 is 14.8 Å². The van der Waals surface area contributed by atoms with Gasteiger partial charge in [0.05, 0.1) is 14.2 Å². The van der Waals surface area contributed by atoms with Crippen molar-refractivity contribution >= 4 is 0 Å². The summed E-state index contributed by atoms with van der Waals surface area (Å²) in [6.45, 7) is 5.74. The highest BCUT2D eigenvalue weighted by Crippen LogP contribution is 2.38. The van der Waals surface area contributed by atoms with Gasteiger partial charge in [-0.2, -0.15) is 0 Å². The Bertz CT molecular complexity index is 453. The monoisotopic (exact) mass is 291 g/mol. The van der Waals surface area contributed by atoms with Crippen LogP contribution in [-0.2, 0) is 0 Å². The third-order valence-electron chi connectivity index (χ3n) is 4.80. The van der Waals surface area contributed by atoms with E-state index in [9.17, 15) is 0 Å². The maximum atomic E-state index is 5.42. The lowest BCUT2D eigenvalue weighted by Gasteiger charge is -2.28. The molecule has 1 aromatic carbocycles. The Hall–Kier alpha value is -1.22. The van der Waals surface area contributed by atoms with E-state index in [0.29, 0.717) is 11.5 Å². The summed E-state index contributed by atoms with van der Waals surface area (Å²) in [5.41, 5.74) is 1.75. The van der Waals surface area contributed by atoms with Crippen LogP contribution in [-0.4, -0.2) is 20.8 Å². The van der Waals surface area contributed by atoms with Crippen molar-refractivity contribution in [1.29, 1.82) is 0 Å². The predicted octanol–water partition coefficient (Wildman–Crippen LogP) is 4.32. The van der Waals surface area contributed by atoms with Crippen molar-refractivity contribution in [2.24, 2.45) is 5.41 Å². The topological polar surface area (TPSA) is 30.5 Å². The smallest absolute Gasteiger partial charge is 0.161 e. The molecule has 0 aliphatic heterocycles. The Kier molecular flexibility index (Phi) is 5.51. The van der Waals surface area contributed by atoms with E-state index in [1.165, 1.54) is 31.2 Å². The quantitative estimate of drug-likeness (QED) is 0.811. The first-order valence-corrected chi connectivity index (χ1v) is 8.07. The molecule has 1 saturated carbocycles. The molecule has 0 radical (unpaired) electrons. The second-order valence-electron chi connectivity index (χ2n) is 6.47. The number of nitrogens with one attached hydrogen (secondary N) is 1. The van der Waals surface area contributed by atoms with E-state index in [1.54, 1.807) is 14.2 Å². The van der Waals surface area contributed by atoms with Crippen LogP contribution >= 0.6 is 0 Å². The molecular weight excluding hydrogens is 262 g/mol. The first-order chi connectivity index (χ1) is 10.1. The Morgan fingerprint density at radius 3 is 2.38 bits per heavy atom. The fourth-order valence-electron chi connectivity index (χ4n) is 3.34. The first-order valence-electron chi connectivity index (χ1n) is 8.07. The molecule has 1 fully saturated rings. The molecular formula is C18H29NO2.